The van der Waals surface area contributed by atoms with Crippen LogP contribution >= 0.6 is 0 Å². The van der Waals surface area contributed by atoms with Crippen LogP contribution in [0, 0.1) is 11.8 Å². The van der Waals surface area contributed by atoms with Gasteiger partial charge in [0.1, 0.15) is 5.75 Å². The Bertz CT molecular complexity index is 385. The van der Waals surface area contributed by atoms with Crippen LogP contribution in [0.15, 0.2) is 29.4 Å². The van der Waals surface area contributed by atoms with Gasteiger partial charge in [0.05, 0.1) is 6.61 Å². The zero-order chi connectivity index (χ0) is 13.5. The zero-order valence-electron chi connectivity index (χ0n) is 11.3. The molecule has 4 nitrogen and oxygen atoms in total. The van der Waals surface area contributed by atoms with Crippen molar-refractivity contribution in [3.05, 3.63) is 29.8 Å². The molecule has 18 heavy (non-hydrogen) atoms. The Morgan fingerprint density at radius 1 is 1.28 bits per heavy atom. The first-order valence-corrected chi connectivity index (χ1v) is 6.23. The van der Waals surface area contributed by atoms with Crippen LogP contribution in [0.3, 0.4) is 0 Å². The molecule has 0 aromatic heterocycles. The number of rotatable bonds is 6. The van der Waals surface area contributed by atoms with Crippen LogP contribution < -0.4 is 10.5 Å². The predicted octanol–water partition coefficient (Wildman–Crippen LogP) is 2.84. The van der Waals surface area contributed by atoms with Gasteiger partial charge in [-0.1, -0.05) is 25.9 Å². The fourth-order valence-electron chi connectivity index (χ4n) is 1.89. The molecule has 0 radical (unpaired) electrons. The molecular weight excluding hydrogens is 228 g/mol. The molecule has 0 spiro atoms. The largest absolute Gasteiger partial charge is 0.493 e. The maximum atomic E-state index is 8.55. The normalized spacial score (nSPS) is 13.7. The van der Waals surface area contributed by atoms with Crippen molar-refractivity contribution in [2.24, 2.45) is 22.7 Å². The third-order valence-corrected chi connectivity index (χ3v) is 2.67. The second kappa shape index (κ2) is 6.89. The molecule has 3 N–H and O–H groups in total. The molecule has 1 rings (SSSR count). The molecule has 0 aliphatic rings. The van der Waals surface area contributed by atoms with Gasteiger partial charge in [0, 0.05) is 5.56 Å². The van der Waals surface area contributed by atoms with Crippen LogP contribution in [0.5, 0.6) is 5.75 Å². The summed E-state index contributed by atoms with van der Waals surface area (Å²) in [6, 6.07) is 7.21. The van der Waals surface area contributed by atoms with E-state index in [9.17, 15) is 0 Å². The lowest BCUT2D eigenvalue weighted by molar-refractivity contribution is 0.239. The number of amidine groups is 1. The maximum absolute atomic E-state index is 8.55. The molecule has 0 bridgehead atoms. The molecule has 0 fully saturated rings. The number of benzene rings is 1. The molecule has 1 unspecified atom stereocenters. The molecule has 4 heteroatoms. The minimum Gasteiger partial charge on any atom is -0.493 e. The van der Waals surface area contributed by atoms with Gasteiger partial charge >= 0.3 is 0 Å². The fraction of sp³-hybridized carbons (Fsp3) is 0.500. The van der Waals surface area contributed by atoms with Crippen molar-refractivity contribution < 1.29 is 9.94 Å². The van der Waals surface area contributed by atoms with E-state index in [1.165, 1.54) is 0 Å². The third-order valence-electron chi connectivity index (χ3n) is 2.67. The first kappa shape index (κ1) is 14.4. The summed E-state index contributed by atoms with van der Waals surface area (Å²) in [6.07, 6.45) is 1.15. The summed E-state index contributed by atoms with van der Waals surface area (Å²) in [5.74, 6) is 2.13. The van der Waals surface area contributed by atoms with E-state index in [1.807, 2.05) is 12.1 Å². The molecule has 0 aliphatic carbocycles. The summed E-state index contributed by atoms with van der Waals surface area (Å²) in [5, 5.41) is 11.5. The number of nitrogens with zero attached hydrogens (tertiary/aromatic N) is 1. The molecule has 0 saturated heterocycles. The highest BCUT2D eigenvalue weighted by Gasteiger charge is 2.06. The lowest BCUT2D eigenvalue weighted by Crippen LogP contribution is -2.13. The van der Waals surface area contributed by atoms with Gasteiger partial charge in [-0.2, -0.15) is 0 Å². The van der Waals surface area contributed by atoms with E-state index < -0.39 is 0 Å². The van der Waals surface area contributed by atoms with Gasteiger partial charge in [-0.15, -0.1) is 0 Å². The van der Waals surface area contributed by atoms with Crippen LogP contribution in [-0.2, 0) is 0 Å². The predicted molar refractivity (Wildman–Crippen MR) is 73.1 cm³/mol. The molecule has 1 aromatic rings. The van der Waals surface area contributed by atoms with Crippen molar-refractivity contribution in [3.63, 3.8) is 0 Å². The van der Waals surface area contributed by atoms with Crippen molar-refractivity contribution >= 4 is 5.84 Å². The fourth-order valence-corrected chi connectivity index (χ4v) is 1.89. The van der Waals surface area contributed by atoms with Crippen LogP contribution in [0.4, 0.5) is 0 Å². The molecule has 0 heterocycles. The van der Waals surface area contributed by atoms with Gasteiger partial charge in [0.15, 0.2) is 5.84 Å². The summed E-state index contributed by atoms with van der Waals surface area (Å²) < 4.78 is 5.69. The molecule has 0 amide bonds. The Morgan fingerprint density at radius 3 is 2.39 bits per heavy atom. The summed E-state index contributed by atoms with van der Waals surface area (Å²) in [7, 11) is 0. The van der Waals surface area contributed by atoms with Crippen molar-refractivity contribution in [2.45, 2.75) is 27.2 Å². The quantitative estimate of drug-likeness (QED) is 0.353. The Balaban J connectivity index is 2.49. The average molecular weight is 250 g/mol. The van der Waals surface area contributed by atoms with E-state index in [-0.39, 0.29) is 5.84 Å². The SMILES string of the molecule is CC(C)CC(C)COc1ccc(/C(N)=N/O)cc1. The average Bonchev–Trinajstić information content (AvgIpc) is 2.35. The Kier molecular flexibility index (Phi) is 5.49. The van der Waals surface area contributed by atoms with Gasteiger partial charge in [0.2, 0.25) is 0 Å². The lowest BCUT2D eigenvalue weighted by atomic mass is 10.00. The first-order chi connectivity index (χ1) is 8.52. The summed E-state index contributed by atoms with van der Waals surface area (Å²) in [4.78, 5) is 0. The molecular formula is C14H22N2O2. The van der Waals surface area contributed by atoms with Crippen molar-refractivity contribution in [1.82, 2.24) is 0 Å². The minimum atomic E-state index is 0.106. The summed E-state index contributed by atoms with van der Waals surface area (Å²) in [5.41, 5.74) is 6.16. The van der Waals surface area contributed by atoms with Crippen LogP contribution in [0.25, 0.3) is 0 Å². The van der Waals surface area contributed by atoms with Crippen molar-refractivity contribution in [2.75, 3.05) is 6.61 Å². The van der Waals surface area contributed by atoms with Crippen LogP contribution in [-0.4, -0.2) is 17.6 Å². The smallest absolute Gasteiger partial charge is 0.170 e. The van der Waals surface area contributed by atoms with E-state index in [2.05, 4.69) is 25.9 Å². The van der Waals surface area contributed by atoms with Crippen LogP contribution in [0.2, 0.25) is 0 Å². The second-order valence-electron chi connectivity index (χ2n) is 5.06. The Hall–Kier alpha value is -1.71. The van der Waals surface area contributed by atoms with E-state index in [0.717, 1.165) is 12.2 Å². The third kappa shape index (κ3) is 4.65. The van der Waals surface area contributed by atoms with Gasteiger partial charge in [-0.05, 0) is 42.5 Å². The monoisotopic (exact) mass is 250 g/mol. The second-order valence-corrected chi connectivity index (χ2v) is 5.06. The standard InChI is InChI=1S/C14H22N2O2/c1-10(2)8-11(3)9-18-13-6-4-12(5-7-13)14(15)16-17/h4-7,10-11,17H,8-9H2,1-3H3,(H2,15,16). The zero-order valence-corrected chi connectivity index (χ0v) is 11.3. The maximum Gasteiger partial charge on any atom is 0.170 e. The van der Waals surface area contributed by atoms with Gasteiger partial charge < -0.3 is 15.7 Å². The van der Waals surface area contributed by atoms with E-state index in [4.69, 9.17) is 15.7 Å². The number of hydrogen-bond donors (Lipinski definition) is 2. The number of oxime groups is 1. The number of nitrogens with two attached hydrogens (primary N) is 1. The van der Waals surface area contributed by atoms with Crippen molar-refractivity contribution in [3.8, 4) is 5.75 Å². The minimum absolute atomic E-state index is 0.106. The van der Waals surface area contributed by atoms with Gasteiger partial charge in [-0.3, -0.25) is 0 Å². The highest BCUT2D eigenvalue weighted by molar-refractivity contribution is 5.97. The number of ether oxygens (including phenoxy) is 1. The molecule has 100 valence electrons. The first-order valence-electron chi connectivity index (χ1n) is 6.23. The molecule has 0 aliphatic heterocycles. The Labute approximate surface area is 108 Å². The Morgan fingerprint density at radius 2 is 1.89 bits per heavy atom. The topological polar surface area (TPSA) is 67.8 Å². The van der Waals surface area contributed by atoms with E-state index in [1.54, 1.807) is 12.1 Å². The number of hydrogen-bond acceptors (Lipinski definition) is 3. The summed E-state index contributed by atoms with van der Waals surface area (Å²) >= 11 is 0. The van der Waals surface area contributed by atoms with E-state index >= 15 is 0 Å². The molecule has 0 saturated carbocycles. The highest BCUT2D eigenvalue weighted by Crippen LogP contribution is 2.16. The summed E-state index contributed by atoms with van der Waals surface area (Å²) in [6.45, 7) is 7.32. The van der Waals surface area contributed by atoms with Gasteiger partial charge in [-0.25, -0.2) is 0 Å². The van der Waals surface area contributed by atoms with Crippen molar-refractivity contribution in [1.29, 1.82) is 0 Å². The molecule has 1 atom stereocenters. The van der Waals surface area contributed by atoms with Crippen LogP contribution in [0.1, 0.15) is 32.8 Å². The highest BCUT2D eigenvalue weighted by atomic mass is 16.5. The van der Waals surface area contributed by atoms with E-state index in [0.29, 0.717) is 24.0 Å². The van der Waals surface area contributed by atoms with Gasteiger partial charge in [0.25, 0.3) is 0 Å². The molecule has 1 aromatic carbocycles. The lowest BCUT2D eigenvalue weighted by Gasteiger charge is -2.15.